The fourth-order valence-electron chi connectivity index (χ4n) is 5.60. The fraction of sp³-hybridized carbons (Fsp3) is 0.682. The summed E-state index contributed by atoms with van der Waals surface area (Å²) in [5.41, 5.74) is 0.715. The average molecular weight is 370 g/mol. The third-order valence-electron chi connectivity index (χ3n) is 7.12. The van der Waals surface area contributed by atoms with Crippen LogP contribution in [0.1, 0.15) is 74.6 Å². The van der Waals surface area contributed by atoms with Crippen molar-refractivity contribution >= 4 is 11.8 Å². The number of fused-ring (bicyclic) bond motifs is 1. The highest BCUT2D eigenvalue weighted by atomic mass is 16.2. The van der Waals surface area contributed by atoms with Crippen molar-refractivity contribution < 1.29 is 9.59 Å². The second-order valence-corrected chi connectivity index (χ2v) is 8.74. The number of carbonyl (C=O) groups is 2. The van der Waals surface area contributed by atoms with E-state index in [0.717, 1.165) is 32.2 Å². The lowest BCUT2D eigenvalue weighted by molar-refractivity contribution is -0.142. The zero-order chi connectivity index (χ0) is 18.7. The summed E-state index contributed by atoms with van der Waals surface area (Å²) in [4.78, 5) is 31.5. The fourth-order valence-corrected chi connectivity index (χ4v) is 5.60. The average Bonchev–Trinajstić information content (AvgIpc) is 3.14. The summed E-state index contributed by atoms with van der Waals surface area (Å²) in [5, 5.41) is 3.17. The zero-order valence-electron chi connectivity index (χ0n) is 16.2. The number of pyridine rings is 1. The molecule has 0 spiro atoms. The lowest BCUT2D eigenvalue weighted by Crippen LogP contribution is -2.57. The van der Waals surface area contributed by atoms with E-state index in [1.54, 1.807) is 24.5 Å². The number of nitrogens with zero attached hydrogens (tertiary/aromatic N) is 2. The Bertz CT molecular complexity index is 671. The molecule has 1 aromatic rings. The van der Waals surface area contributed by atoms with Crippen molar-refractivity contribution in [1.82, 2.24) is 15.2 Å². The molecule has 0 unspecified atom stereocenters. The molecule has 0 radical (unpaired) electrons. The Labute approximate surface area is 161 Å². The van der Waals surface area contributed by atoms with Crippen molar-refractivity contribution in [3.8, 4) is 0 Å². The van der Waals surface area contributed by atoms with Gasteiger partial charge in [0.2, 0.25) is 5.91 Å². The minimum absolute atomic E-state index is 0.0341. The minimum Gasteiger partial charge on any atom is -0.351 e. The van der Waals surface area contributed by atoms with Crippen molar-refractivity contribution in [1.29, 1.82) is 0 Å². The second-order valence-electron chi connectivity index (χ2n) is 8.74. The van der Waals surface area contributed by atoms with Crippen molar-refractivity contribution in [3.63, 3.8) is 0 Å². The Balaban J connectivity index is 1.44. The number of amides is 2. The van der Waals surface area contributed by atoms with Crippen LogP contribution in [0.2, 0.25) is 0 Å². The van der Waals surface area contributed by atoms with E-state index < -0.39 is 0 Å². The molecule has 3 aliphatic rings. The molecule has 1 aliphatic heterocycles. The molecule has 3 fully saturated rings. The van der Waals surface area contributed by atoms with Crippen molar-refractivity contribution in [3.05, 3.63) is 30.1 Å². The van der Waals surface area contributed by atoms with Gasteiger partial charge in [0.25, 0.3) is 5.91 Å². The monoisotopic (exact) mass is 369 g/mol. The molecule has 5 nitrogen and oxygen atoms in total. The largest absolute Gasteiger partial charge is 0.351 e. The van der Waals surface area contributed by atoms with E-state index in [9.17, 15) is 9.59 Å². The Hall–Kier alpha value is -1.91. The second kappa shape index (κ2) is 7.99. The predicted molar refractivity (Wildman–Crippen MR) is 104 cm³/mol. The first-order valence-corrected chi connectivity index (χ1v) is 10.7. The molecule has 146 valence electrons. The van der Waals surface area contributed by atoms with Crippen LogP contribution in [0.4, 0.5) is 0 Å². The molecule has 27 heavy (non-hydrogen) atoms. The quantitative estimate of drug-likeness (QED) is 0.863. The van der Waals surface area contributed by atoms with Gasteiger partial charge in [0, 0.05) is 48.9 Å². The van der Waals surface area contributed by atoms with Crippen LogP contribution in [0.3, 0.4) is 0 Å². The van der Waals surface area contributed by atoms with Gasteiger partial charge in [-0.25, -0.2) is 0 Å². The summed E-state index contributed by atoms with van der Waals surface area (Å²) >= 11 is 0. The molecule has 1 N–H and O–H groups in total. The van der Waals surface area contributed by atoms with E-state index in [0.29, 0.717) is 36.4 Å². The molecule has 2 amide bonds. The van der Waals surface area contributed by atoms with Gasteiger partial charge >= 0.3 is 0 Å². The Morgan fingerprint density at radius 2 is 1.89 bits per heavy atom. The highest BCUT2D eigenvalue weighted by Crippen LogP contribution is 2.48. The molecule has 2 saturated carbocycles. The number of likely N-dealkylation sites (tertiary alicyclic amines) is 1. The Kier molecular flexibility index (Phi) is 5.46. The van der Waals surface area contributed by atoms with Gasteiger partial charge in [0.15, 0.2) is 0 Å². The van der Waals surface area contributed by atoms with Gasteiger partial charge < -0.3 is 10.2 Å². The first-order valence-electron chi connectivity index (χ1n) is 10.7. The number of carbonyl (C=O) groups excluding carboxylic acids is 2. The van der Waals surface area contributed by atoms with Crippen molar-refractivity contribution in [2.75, 3.05) is 13.1 Å². The van der Waals surface area contributed by atoms with Gasteiger partial charge in [-0.2, -0.15) is 0 Å². The molecular weight excluding hydrogens is 338 g/mol. The van der Waals surface area contributed by atoms with E-state index in [-0.39, 0.29) is 11.3 Å². The van der Waals surface area contributed by atoms with E-state index in [1.807, 2.05) is 0 Å². The topological polar surface area (TPSA) is 62.3 Å². The molecule has 1 saturated heterocycles. The van der Waals surface area contributed by atoms with Crippen LogP contribution in [0, 0.1) is 11.3 Å². The van der Waals surface area contributed by atoms with E-state index in [1.165, 1.54) is 32.1 Å². The predicted octanol–water partition coefficient (Wildman–Crippen LogP) is 3.55. The number of piperidine rings is 1. The lowest BCUT2D eigenvalue weighted by atomic mass is 9.74. The molecule has 5 heteroatoms. The van der Waals surface area contributed by atoms with Gasteiger partial charge in [-0.15, -0.1) is 0 Å². The molecule has 4 rings (SSSR count). The Morgan fingerprint density at radius 3 is 2.67 bits per heavy atom. The summed E-state index contributed by atoms with van der Waals surface area (Å²) in [5.74, 6) is 0.974. The number of hydrogen-bond acceptors (Lipinski definition) is 3. The number of nitrogens with one attached hydrogen (secondary N) is 1. The third-order valence-corrected chi connectivity index (χ3v) is 7.12. The van der Waals surface area contributed by atoms with Crippen molar-refractivity contribution in [2.24, 2.45) is 11.3 Å². The molecule has 2 aliphatic carbocycles. The molecule has 2 atom stereocenters. The first kappa shape index (κ1) is 18.5. The first-order chi connectivity index (χ1) is 13.2. The van der Waals surface area contributed by atoms with E-state index >= 15 is 0 Å². The summed E-state index contributed by atoms with van der Waals surface area (Å²) in [7, 11) is 0. The summed E-state index contributed by atoms with van der Waals surface area (Å²) in [6, 6.07) is 3.80. The highest BCUT2D eigenvalue weighted by Gasteiger charge is 2.50. The van der Waals surface area contributed by atoms with E-state index in [4.69, 9.17) is 0 Å². The Morgan fingerprint density at radius 1 is 1.11 bits per heavy atom. The van der Waals surface area contributed by atoms with Gasteiger partial charge in [0.1, 0.15) is 0 Å². The highest BCUT2D eigenvalue weighted by molar-refractivity contribution is 5.94. The summed E-state index contributed by atoms with van der Waals surface area (Å²) in [6.07, 6.45) is 14.7. The molecule has 0 bridgehead atoms. The van der Waals surface area contributed by atoms with Crippen LogP contribution < -0.4 is 5.32 Å². The van der Waals surface area contributed by atoms with Crippen molar-refractivity contribution in [2.45, 2.75) is 70.3 Å². The number of rotatable bonds is 5. The number of aromatic nitrogens is 1. The smallest absolute Gasteiger partial charge is 0.251 e. The van der Waals surface area contributed by atoms with Gasteiger partial charge in [-0.05, 0) is 50.2 Å². The summed E-state index contributed by atoms with van der Waals surface area (Å²) in [6.45, 7) is 1.61. The maximum atomic E-state index is 12.7. The maximum absolute atomic E-state index is 12.7. The molecule has 0 aromatic carbocycles. The van der Waals surface area contributed by atoms with Gasteiger partial charge in [-0.1, -0.05) is 25.7 Å². The lowest BCUT2D eigenvalue weighted by Gasteiger charge is -2.47. The van der Waals surface area contributed by atoms with Crippen LogP contribution in [-0.4, -0.2) is 40.8 Å². The van der Waals surface area contributed by atoms with Crippen LogP contribution >= 0.6 is 0 Å². The SMILES string of the molecule is O=C(NC[C@@]12CCC[C@H]1N(CC1CCCCC1)C(=O)CC2)c1ccncc1. The van der Waals surface area contributed by atoms with Crippen LogP contribution in [0.25, 0.3) is 0 Å². The third kappa shape index (κ3) is 3.87. The van der Waals surface area contributed by atoms with Crippen LogP contribution in [0.15, 0.2) is 24.5 Å². The van der Waals surface area contributed by atoms with Gasteiger partial charge in [-0.3, -0.25) is 14.6 Å². The van der Waals surface area contributed by atoms with Crippen LogP contribution in [0.5, 0.6) is 0 Å². The minimum atomic E-state index is -0.0341. The van der Waals surface area contributed by atoms with Crippen LogP contribution in [-0.2, 0) is 4.79 Å². The van der Waals surface area contributed by atoms with E-state index in [2.05, 4.69) is 15.2 Å². The number of hydrogen-bond donors (Lipinski definition) is 1. The normalized spacial score (nSPS) is 28.8. The molecule has 2 heterocycles. The maximum Gasteiger partial charge on any atom is 0.251 e. The zero-order valence-corrected chi connectivity index (χ0v) is 16.2. The van der Waals surface area contributed by atoms with Gasteiger partial charge in [0.05, 0.1) is 0 Å². The molecule has 1 aromatic heterocycles. The summed E-state index contributed by atoms with van der Waals surface area (Å²) < 4.78 is 0. The standard InChI is InChI=1S/C22H31N3O2/c26-20-8-12-22(16-24-21(27)18-9-13-23-14-10-18)11-4-7-19(22)25(20)15-17-5-2-1-3-6-17/h9-10,13-14,17,19H,1-8,11-12,15-16H2,(H,24,27)/t19-,22+/m1/s1. The molecular formula is C22H31N3O2.